The molecule has 4 heteroatoms. The average molecular weight is 189 g/mol. The van der Waals surface area contributed by atoms with Crippen molar-refractivity contribution in [3.05, 3.63) is 0 Å². The van der Waals surface area contributed by atoms with Gasteiger partial charge in [0, 0.05) is 45.3 Å². The van der Waals surface area contributed by atoms with Gasteiger partial charge in [-0.2, -0.15) is 12.6 Å². The highest BCUT2D eigenvalue weighted by molar-refractivity contribution is 7.79. The van der Waals surface area contributed by atoms with Crippen LogP contribution in [0.3, 0.4) is 0 Å². The van der Waals surface area contributed by atoms with Crippen molar-refractivity contribution in [2.75, 3.05) is 45.5 Å². The van der Waals surface area contributed by atoms with Gasteiger partial charge in [0.05, 0.1) is 0 Å². The van der Waals surface area contributed by atoms with Gasteiger partial charge in [-0.1, -0.05) is 0 Å². The van der Waals surface area contributed by atoms with Crippen molar-refractivity contribution < 1.29 is 0 Å². The number of rotatable bonds is 1. The Balaban J connectivity index is 0.000000336. The standard InChI is InChI=1S/C7H15N3.CH4S/c1-3-10(4-2-8-1)7-5-9-6-7;1-2/h7-9H,1-6H2;2H,1H3. The van der Waals surface area contributed by atoms with Crippen molar-refractivity contribution in [1.82, 2.24) is 15.5 Å². The van der Waals surface area contributed by atoms with Crippen LogP contribution < -0.4 is 10.6 Å². The molecule has 2 heterocycles. The first-order valence-electron chi connectivity index (χ1n) is 4.57. The van der Waals surface area contributed by atoms with Gasteiger partial charge in [0.15, 0.2) is 0 Å². The average Bonchev–Trinajstić information content (AvgIpc) is 2.07. The quantitative estimate of drug-likeness (QED) is 0.481. The van der Waals surface area contributed by atoms with E-state index < -0.39 is 0 Å². The van der Waals surface area contributed by atoms with Crippen molar-refractivity contribution in [2.24, 2.45) is 0 Å². The van der Waals surface area contributed by atoms with Gasteiger partial charge >= 0.3 is 0 Å². The fourth-order valence-electron chi connectivity index (χ4n) is 1.58. The zero-order chi connectivity index (χ0) is 8.81. The van der Waals surface area contributed by atoms with Gasteiger partial charge in [-0.15, -0.1) is 0 Å². The summed E-state index contributed by atoms with van der Waals surface area (Å²) in [7, 11) is 0. The maximum absolute atomic E-state index is 3.53. The minimum Gasteiger partial charge on any atom is -0.314 e. The molecule has 72 valence electrons. The van der Waals surface area contributed by atoms with Gasteiger partial charge in [0.1, 0.15) is 0 Å². The SMILES string of the molecule is C1CN(C2CNC2)CCN1.CS. The molecule has 2 saturated heterocycles. The lowest BCUT2D eigenvalue weighted by Gasteiger charge is -2.40. The summed E-state index contributed by atoms with van der Waals surface area (Å²) in [4.78, 5) is 2.58. The van der Waals surface area contributed by atoms with E-state index in [4.69, 9.17) is 0 Å². The highest BCUT2D eigenvalue weighted by Crippen LogP contribution is 2.04. The molecule has 0 aliphatic carbocycles. The summed E-state index contributed by atoms with van der Waals surface area (Å²) in [6.45, 7) is 7.26. The second kappa shape index (κ2) is 5.80. The van der Waals surface area contributed by atoms with Crippen LogP contribution in [0.15, 0.2) is 0 Å². The first-order valence-corrected chi connectivity index (χ1v) is 5.46. The van der Waals surface area contributed by atoms with Crippen molar-refractivity contribution in [1.29, 1.82) is 0 Å². The molecule has 12 heavy (non-hydrogen) atoms. The third-order valence-electron chi connectivity index (χ3n) is 2.43. The van der Waals surface area contributed by atoms with Gasteiger partial charge in [0.25, 0.3) is 0 Å². The van der Waals surface area contributed by atoms with E-state index in [1.165, 1.54) is 39.3 Å². The predicted molar refractivity (Wildman–Crippen MR) is 56.0 cm³/mol. The summed E-state index contributed by atoms with van der Waals surface area (Å²) in [6, 6.07) is 0.849. The maximum Gasteiger partial charge on any atom is 0.0346 e. The molecule has 2 aliphatic heterocycles. The van der Waals surface area contributed by atoms with E-state index in [1.54, 1.807) is 6.26 Å². The van der Waals surface area contributed by atoms with E-state index >= 15 is 0 Å². The molecular formula is C8H19N3S. The molecule has 0 aromatic carbocycles. The Labute approximate surface area is 80.3 Å². The first kappa shape index (κ1) is 10.3. The van der Waals surface area contributed by atoms with E-state index in [0.717, 1.165) is 6.04 Å². The summed E-state index contributed by atoms with van der Waals surface area (Å²) in [5.74, 6) is 0. The zero-order valence-corrected chi connectivity index (χ0v) is 8.61. The molecule has 0 unspecified atom stereocenters. The van der Waals surface area contributed by atoms with Crippen molar-refractivity contribution in [3.63, 3.8) is 0 Å². The number of nitrogens with one attached hydrogen (secondary N) is 2. The van der Waals surface area contributed by atoms with Gasteiger partial charge in [-0.25, -0.2) is 0 Å². The van der Waals surface area contributed by atoms with E-state index in [0.29, 0.717) is 0 Å². The molecule has 2 aliphatic rings. The van der Waals surface area contributed by atoms with Crippen molar-refractivity contribution >= 4 is 12.6 Å². The molecule has 0 bridgehead atoms. The third kappa shape index (κ3) is 2.62. The zero-order valence-electron chi connectivity index (χ0n) is 7.71. The molecule has 3 nitrogen and oxygen atoms in total. The van der Waals surface area contributed by atoms with Crippen molar-refractivity contribution in [2.45, 2.75) is 6.04 Å². The lowest BCUT2D eigenvalue weighted by molar-refractivity contribution is 0.129. The summed E-state index contributed by atoms with van der Waals surface area (Å²) < 4.78 is 0. The Morgan fingerprint density at radius 1 is 1.08 bits per heavy atom. The van der Waals surface area contributed by atoms with Crippen LogP contribution in [-0.4, -0.2) is 56.5 Å². The highest BCUT2D eigenvalue weighted by atomic mass is 32.1. The Morgan fingerprint density at radius 3 is 2.08 bits per heavy atom. The summed E-state index contributed by atoms with van der Waals surface area (Å²) >= 11 is 3.53. The van der Waals surface area contributed by atoms with Crippen LogP contribution in [0.5, 0.6) is 0 Å². The van der Waals surface area contributed by atoms with Gasteiger partial charge in [-0.3, -0.25) is 4.90 Å². The van der Waals surface area contributed by atoms with Crippen LogP contribution >= 0.6 is 12.6 Å². The second-order valence-electron chi connectivity index (χ2n) is 3.10. The Bertz CT molecular complexity index is 111. The minimum atomic E-state index is 0.849. The number of thiol groups is 1. The second-order valence-corrected chi connectivity index (χ2v) is 3.10. The molecule has 0 aromatic heterocycles. The molecule has 0 aromatic rings. The fourth-order valence-corrected chi connectivity index (χ4v) is 1.58. The first-order chi connectivity index (χ1) is 5.97. The molecule has 0 spiro atoms. The molecule has 0 radical (unpaired) electrons. The normalized spacial score (nSPS) is 25.5. The molecule has 0 atom stereocenters. The summed E-state index contributed by atoms with van der Waals surface area (Å²) in [5.41, 5.74) is 0. The van der Waals surface area contributed by atoms with E-state index in [1.807, 2.05) is 0 Å². The molecule has 2 N–H and O–H groups in total. The largest absolute Gasteiger partial charge is 0.314 e. The number of piperazine rings is 1. The number of hydrogen-bond donors (Lipinski definition) is 3. The molecule has 2 fully saturated rings. The summed E-state index contributed by atoms with van der Waals surface area (Å²) in [6.07, 6.45) is 1.69. The number of nitrogens with zero attached hydrogens (tertiary/aromatic N) is 1. The minimum absolute atomic E-state index is 0.849. The van der Waals surface area contributed by atoms with Crippen LogP contribution in [-0.2, 0) is 0 Å². The predicted octanol–water partition coefficient (Wildman–Crippen LogP) is -0.591. The van der Waals surface area contributed by atoms with Gasteiger partial charge in [-0.05, 0) is 6.26 Å². The van der Waals surface area contributed by atoms with Crippen LogP contribution in [0.4, 0.5) is 0 Å². The van der Waals surface area contributed by atoms with Gasteiger partial charge < -0.3 is 10.6 Å². The third-order valence-corrected chi connectivity index (χ3v) is 2.43. The lowest BCUT2D eigenvalue weighted by atomic mass is 10.1. The topological polar surface area (TPSA) is 27.3 Å². The van der Waals surface area contributed by atoms with Crippen molar-refractivity contribution in [3.8, 4) is 0 Å². The Morgan fingerprint density at radius 2 is 1.67 bits per heavy atom. The van der Waals surface area contributed by atoms with Crippen LogP contribution in [0.1, 0.15) is 0 Å². The van der Waals surface area contributed by atoms with Crippen LogP contribution in [0.2, 0.25) is 0 Å². The van der Waals surface area contributed by atoms with E-state index in [-0.39, 0.29) is 0 Å². The van der Waals surface area contributed by atoms with Crippen LogP contribution in [0, 0.1) is 0 Å². The van der Waals surface area contributed by atoms with E-state index in [9.17, 15) is 0 Å². The molecular weight excluding hydrogens is 170 g/mol. The Hall–Kier alpha value is 0.230. The lowest BCUT2D eigenvalue weighted by Crippen LogP contribution is -2.61. The fraction of sp³-hybridized carbons (Fsp3) is 1.00. The number of hydrogen-bond acceptors (Lipinski definition) is 4. The summed E-state index contributed by atoms with van der Waals surface area (Å²) in [5, 5.41) is 6.65. The molecule has 2 rings (SSSR count). The maximum atomic E-state index is 3.53. The molecule has 0 amide bonds. The molecule has 0 saturated carbocycles. The van der Waals surface area contributed by atoms with E-state index in [2.05, 4.69) is 28.2 Å². The van der Waals surface area contributed by atoms with Gasteiger partial charge in [0.2, 0.25) is 0 Å². The highest BCUT2D eigenvalue weighted by Gasteiger charge is 2.24. The van der Waals surface area contributed by atoms with Crippen LogP contribution in [0.25, 0.3) is 0 Å². The Kier molecular flexibility index (Phi) is 4.99. The monoisotopic (exact) mass is 189 g/mol. The smallest absolute Gasteiger partial charge is 0.0346 e.